The lowest BCUT2D eigenvalue weighted by Crippen LogP contribution is -1.99. The van der Waals surface area contributed by atoms with Crippen molar-refractivity contribution in [3.05, 3.63) is 83.4 Å². The molecule has 4 aromatic rings. The fourth-order valence-electron chi connectivity index (χ4n) is 2.08. The van der Waals surface area contributed by atoms with Gasteiger partial charge in [-0.2, -0.15) is 30.0 Å². The average Bonchev–Trinajstić information content (AvgIpc) is 3.36. The Bertz CT molecular complexity index is 983. The van der Waals surface area contributed by atoms with Crippen LogP contribution in [-0.2, 0) is 0 Å². The summed E-state index contributed by atoms with van der Waals surface area (Å²) in [6, 6.07) is 13.5. The van der Waals surface area contributed by atoms with Gasteiger partial charge in [-0.05, 0) is 24.3 Å². The zero-order valence-electron chi connectivity index (χ0n) is 13.5. The van der Waals surface area contributed by atoms with Crippen LogP contribution in [0.25, 0.3) is 11.4 Å². The minimum Gasteiger partial charge on any atom is -0.399 e. The van der Waals surface area contributed by atoms with Crippen molar-refractivity contribution >= 4 is 11.4 Å². The van der Waals surface area contributed by atoms with Crippen LogP contribution in [-0.4, -0.2) is 34.9 Å². The van der Waals surface area contributed by atoms with Crippen LogP contribution in [0.1, 0.15) is 0 Å². The molecule has 2 aromatic carbocycles. The zero-order valence-corrected chi connectivity index (χ0v) is 13.5. The van der Waals surface area contributed by atoms with E-state index >= 15 is 0 Å². The zero-order chi connectivity index (χ0) is 18.4. The predicted molar refractivity (Wildman–Crippen MR) is 93.8 cm³/mol. The Kier molecular flexibility index (Phi) is 4.94. The highest BCUT2D eigenvalue weighted by Gasteiger charge is 2.06. The number of hydrogen-bond acceptors (Lipinski definition) is 7. The highest BCUT2D eigenvalue weighted by Crippen LogP contribution is 2.14. The fraction of sp³-hybridized carbons (Fsp3) is 0. The maximum atomic E-state index is 10.5. The number of rotatable bonds is 3. The molecule has 0 fully saturated rings. The van der Waals surface area contributed by atoms with Gasteiger partial charge in [0.05, 0.1) is 41.1 Å². The van der Waals surface area contributed by atoms with Crippen molar-refractivity contribution in [2.45, 2.75) is 0 Å². The number of hydrogen-bond donors (Lipinski definition) is 1. The van der Waals surface area contributed by atoms with Gasteiger partial charge in [0.2, 0.25) is 0 Å². The topological polar surface area (TPSA) is 131 Å². The number of nitro groups is 1. The van der Waals surface area contributed by atoms with Crippen LogP contribution in [0.15, 0.2) is 73.3 Å². The Morgan fingerprint density at radius 2 is 1.31 bits per heavy atom. The number of anilines is 1. The molecular weight excluding hydrogens is 336 g/mol. The first-order valence-electron chi connectivity index (χ1n) is 7.47. The Morgan fingerprint density at radius 1 is 0.808 bits per heavy atom. The van der Waals surface area contributed by atoms with E-state index in [4.69, 9.17) is 5.73 Å². The normalized spacial score (nSPS) is 10.0. The molecule has 0 aliphatic carbocycles. The Hall–Kier alpha value is -4.08. The van der Waals surface area contributed by atoms with Crippen LogP contribution < -0.4 is 5.73 Å². The summed E-state index contributed by atoms with van der Waals surface area (Å²) < 4.78 is 0. The van der Waals surface area contributed by atoms with E-state index in [1.165, 1.54) is 34.1 Å². The molecule has 0 bridgehead atoms. The molecule has 26 heavy (non-hydrogen) atoms. The molecule has 2 heterocycles. The van der Waals surface area contributed by atoms with Gasteiger partial charge in [-0.3, -0.25) is 10.1 Å². The van der Waals surface area contributed by atoms with E-state index in [1.807, 2.05) is 24.3 Å². The number of nitro benzene ring substituents is 1. The van der Waals surface area contributed by atoms with Crippen molar-refractivity contribution in [3.63, 3.8) is 0 Å². The number of nitrogens with two attached hydrogens (primary N) is 1. The smallest absolute Gasteiger partial charge is 0.271 e. The second kappa shape index (κ2) is 7.66. The lowest BCUT2D eigenvalue weighted by Gasteiger charge is -1.99. The maximum Gasteiger partial charge on any atom is 0.271 e. The SMILES string of the molecule is Nc1cccc(-n2nccn2)c1.O=[N+]([O-])c1cccc(-n2nccn2)c1. The average molecular weight is 350 g/mol. The quantitative estimate of drug-likeness (QED) is 0.340. The lowest BCUT2D eigenvalue weighted by atomic mass is 10.3. The number of nitrogens with zero attached hydrogens (tertiary/aromatic N) is 7. The molecule has 2 aromatic heterocycles. The molecule has 0 atom stereocenters. The summed E-state index contributed by atoms with van der Waals surface area (Å²) in [6.07, 6.45) is 6.28. The number of non-ortho nitro benzene ring substituents is 1. The molecule has 0 aliphatic rings. The first-order chi connectivity index (χ1) is 12.6. The molecular formula is C16H14N8O2. The van der Waals surface area contributed by atoms with Crippen molar-refractivity contribution in [3.8, 4) is 11.4 Å². The lowest BCUT2D eigenvalue weighted by molar-refractivity contribution is -0.384. The third-order valence-electron chi connectivity index (χ3n) is 3.21. The summed E-state index contributed by atoms with van der Waals surface area (Å²) in [5.74, 6) is 0. The molecule has 130 valence electrons. The second-order valence-corrected chi connectivity index (χ2v) is 5.01. The summed E-state index contributed by atoms with van der Waals surface area (Å²) in [6.45, 7) is 0. The van der Waals surface area contributed by atoms with Crippen LogP contribution in [0, 0.1) is 10.1 Å². The predicted octanol–water partition coefficient (Wildman–Crippen LogP) is 2.02. The van der Waals surface area contributed by atoms with Crippen molar-refractivity contribution in [1.82, 2.24) is 30.0 Å². The van der Waals surface area contributed by atoms with E-state index in [2.05, 4.69) is 20.4 Å². The highest BCUT2D eigenvalue weighted by atomic mass is 16.6. The van der Waals surface area contributed by atoms with Crippen LogP contribution in [0.5, 0.6) is 0 Å². The number of benzene rings is 2. The van der Waals surface area contributed by atoms with Gasteiger partial charge in [-0.15, -0.1) is 0 Å². The van der Waals surface area contributed by atoms with Crippen molar-refractivity contribution in [1.29, 1.82) is 0 Å². The Labute approximate surface area is 147 Å². The Morgan fingerprint density at radius 3 is 1.81 bits per heavy atom. The minimum absolute atomic E-state index is 0.0276. The third kappa shape index (κ3) is 4.06. The molecule has 10 nitrogen and oxygen atoms in total. The Balaban J connectivity index is 0.000000152. The number of nitrogen functional groups attached to an aromatic ring is 1. The van der Waals surface area contributed by atoms with Gasteiger partial charge in [0.15, 0.2) is 0 Å². The highest BCUT2D eigenvalue weighted by molar-refractivity contribution is 5.46. The van der Waals surface area contributed by atoms with Crippen LogP contribution in [0.4, 0.5) is 11.4 Å². The van der Waals surface area contributed by atoms with Crippen molar-refractivity contribution in [2.24, 2.45) is 0 Å². The first kappa shape index (κ1) is 16.8. The fourth-order valence-corrected chi connectivity index (χ4v) is 2.08. The third-order valence-corrected chi connectivity index (χ3v) is 3.21. The van der Waals surface area contributed by atoms with Crippen LogP contribution in [0.3, 0.4) is 0 Å². The maximum absolute atomic E-state index is 10.5. The van der Waals surface area contributed by atoms with E-state index in [0.717, 1.165) is 5.69 Å². The second-order valence-electron chi connectivity index (χ2n) is 5.01. The monoisotopic (exact) mass is 350 g/mol. The molecule has 0 aliphatic heterocycles. The standard InChI is InChI=1S/C8H6N4O2.C8H8N4/c13-12(14)8-3-1-2-7(6-8)11-9-4-5-10-11;9-7-2-1-3-8(6-7)12-10-4-5-11-12/h1-6H;1-6H,9H2. The molecule has 0 radical (unpaired) electrons. The minimum atomic E-state index is -0.451. The molecule has 4 rings (SSSR count). The van der Waals surface area contributed by atoms with Gasteiger partial charge in [-0.1, -0.05) is 12.1 Å². The summed E-state index contributed by atoms with van der Waals surface area (Å²) >= 11 is 0. The number of aromatic nitrogens is 6. The van der Waals surface area contributed by atoms with Gasteiger partial charge in [0.1, 0.15) is 0 Å². The molecule has 0 unspecified atom stereocenters. The molecule has 0 saturated carbocycles. The van der Waals surface area contributed by atoms with Gasteiger partial charge in [0, 0.05) is 17.8 Å². The molecule has 0 spiro atoms. The van der Waals surface area contributed by atoms with E-state index in [9.17, 15) is 10.1 Å². The van der Waals surface area contributed by atoms with E-state index in [0.29, 0.717) is 11.4 Å². The van der Waals surface area contributed by atoms with Crippen molar-refractivity contribution in [2.75, 3.05) is 5.73 Å². The van der Waals surface area contributed by atoms with Gasteiger partial charge < -0.3 is 5.73 Å². The van der Waals surface area contributed by atoms with Crippen molar-refractivity contribution < 1.29 is 4.92 Å². The van der Waals surface area contributed by atoms with E-state index < -0.39 is 4.92 Å². The van der Waals surface area contributed by atoms with Gasteiger partial charge >= 0.3 is 0 Å². The van der Waals surface area contributed by atoms with Crippen LogP contribution in [0.2, 0.25) is 0 Å². The molecule has 0 saturated heterocycles. The molecule has 10 heteroatoms. The summed E-state index contributed by atoms with van der Waals surface area (Å²) in [4.78, 5) is 12.9. The van der Waals surface area contributed by atoms with Gasteiger partial charge in [0.25, 0.3) is 5.69 Å². The van der Waals surface area contributed by atoms with Gasteiger partial charge in [-0.25, -0.2) is 0 Å². The van der Waals surface area contributed by atoms with E-state index in [1.54, 1.807) is 24.5 Å². The summed E-state index contributed by atoms with van der Waals surface area (Å²) in [5.41, 5.74) is 7.78. The van der Waals surface area contributed by atoms with Crippen LogP contribution >= 0.6 is 0 Å². The first-order valence-corrected chi connectivity index (χ1v) is 7.47. The van der Waals surface area contributed by atoms with E-state index in [-0.39, 0.29) is 5.69 Å². The molecule has 0 amide bonds. The summed E-state index contributed by atoms with van der Waals surface area (Å²) in [5, 5.41) is 26.2. The summed E-state index contributed by atoms with van der Waals surface area (Å²) in [7, 11) is 0. The largest absolute Gasteiger partial charge is 0.399 e. The molecule has 2 N–H and O–H groups in total.